The SMILES string of the molecule is O=C1[C@H]2CC(CN1Cc1ccccc1)Cn1c2cccc1=O. The summed E-state index contributed by atoms with van der Waals surface area (Å²) in [5.74, 6) is 0.364. The van der Waals surface area contributed by atoms with E-state index in [9.17, 15) is 9.59 Å². The molecule has 2 atom stereocenters. The average molecular weight is 294 g/mol. The third-order valence-electron chi connectivity index (χ3n) is 4.75. The van der Waals surface area contributed by atoms with Crippen molar-refractivity contribution in [3.63, 3.8) is 0 Å². The van der Waals surface area contributed by atoms with Gasteiger partial charge in [-0.1, -0.05) is 36.4 Å². The maximum atomic E-state index is 12.8. The third kappa shape index (κ3) is 2.15. The zero-order chi connectivity index (χ0) is 15.1. The first kappa shape index (κ1) is 13.3. The van der Waals surface area contributed by atoms with Gasteiger partial charge in [0.2, 0.25) is 5.91 Å². The molecule has 1 fully saturated rings. The number of likely N-dealkylation sites (tertiary alicyclic amines) is 1. The minimum Gasteiger partial charge on any atom is -0.337 e. The van der Waals surface area contributed by atoms with E-state index in [2.05, 4.69) is 12.1 Å². The second kappa shape index (κ2) is 5.13. The second-order valence-corrected chi connectivity index (χ2v) is 6.26. The van der Waals surface area contributed by atoms with Crippen LogP contribution in [0.1, 0.15) is 23.6 Å². The largest absolute Gasteiger partial charge is 0.337 e. The fourth-order valence-corrected chi connectivity index (χ4v) is 3.75. The predicted octanol–water partition coefficient (Wildman–Crippen LogP) is 1.99. The summed E-state index contributed by atoms with van der Waals surface area (Å²) in [6, 6.07) is 15.4. The highest BCUT2D eigenvalue weighted by molar-refractivity contribution is 5.84. The molecule has 1 aromatic heterocycles. The first-order valence-electron chi connectivity index (χ1n) is 7.75. The molecule has 2 bridgehead atoms. The van der Waals surface area contributed by atoms with Crippen LogP contribution in [0.15, 0.2) is 53.3 Å². The number of aromatic nitrogens is 1. The van der Waals surface area contributed by atoms with Crippen LogP contribution in [-0.2, 0) is 17.9 Å². The van der Waals surface area contributed by atoms with Gasteiger partial charge in [0, 0.05) is 31.4 Å². The van der Waals surface area contributed by atoms with E-state index in [1.807, 2.05) is 29.2 Å². The van der Waals surface area contributed by atoms with E-state index in [1.54, 1.807) is 16.7 Å². The quantitative estimate of drug-likeness (QED) is 0.850. The van der Waals surface area contributed by atoms with Crippen molar-refractivity contribution >= 4 is 5.91 Å². The Morgan fingerprint density at radius 2 is 1.77 bits per heavy atom. The Labute approximate surface area is 129 Å². The molecule has 4 rings (SSSR count). The number of amides is 1. The summed E-state index contributed by atoms with van der Waals surface area (Å²) in [7, 11) is 0. The molecule has 4 heteroatoms. The monoisotopic (exact) mass is 294 g/mol. The van der Waals surface area contributed by atoms with Crippen LogP contribution >= 0.6 is 0 Å². The lowest BCUT2D eigenvalue weighted by Gasteiger charge is -2.42. The molecule has 22 heavy (non-hydrogen) atoms. The Morgan fingerprint density at radius 1 is 0.955 bits per heavy atom. The van der Waals surface area contributed by atoms with Gasteiger partial charge >= 0.3 is 0 Å². The summed E-state index contributed by atoms with van der Waals surface area (Å²) in [4.78, 5) is 26.8. The highest BCUT2D eigenvalue weighted by Crippen LogP contribution is 2.36. The first-order valence-corrected chi connectivity index (χ1v) is 7.75. The van der Waals surface area contributed by atoms with Crippen LogP contribution in [-0.4, -0.2) is 21.9 Å². The van der Waals surface area contributed by atoms with Gasteiger partial charge in [0.15, 0.2) is 0 Å². The lowest BCUT2D eigenvalue weighted by atomic mass is 9.82. The normalized spacial score (nSPS) is 23.3. The Morgan fingerprint density at radius 3 is 2.59 bits per heavy atom. The van der Waals surface area contributed by atoms with Crippen LogP contribution in [0.3, 0.4) is 0 Å². The molecule has 1 aromatic carbocycles. The highest BCUT2D eigenvalue weighted by atomic mass is 16.2. The molecule has 0 spiro atoms. The van der Waals surface area contributed by atoms with Crippen molar-refractivity contribution < 1.29 is 4.79 Å². The van der Waals surface area contributed by atoms with Gasteiger partial charge in [-0.05, 0) is 24.0 Å². The number of hydrogen-bond donors (Lipinski definition) is 0. The third-order valence-corrected chi connectivity index (χ3v) is 4.75. The lowest BCUT2D eigenvalue weighted by molar-refractivity contribution is -0.139. The fourth-order valence-electron chi connectivity index (χ4n) is 3.75. The van der Waals surface area contributed by atoms with Crippen molar-refractivity contribution in [3.8, 4) is 0 Å². The number of hydrogen-bond acceptors (Lipinski definition) is 2. The summed E-state index contributed by atoms with van der Waals surface area (Å²) < 4.78 is 1.79. The van der Waals surface area contributed by atoms with Crippen molar-refractivity contribution in [2.75, 3.05) is 6.54 Å². The molecule has 112 valence electrons. The maximum absolute atomic E-state index is 12.8. The van der Waals surface area contributed by atoms with Crippen molar-refractivity contribution in [1.29, 1.82) is 0 Å². The second-order valence-electron chi connectivity index (χ2n) is 6.26. The van der Waals surface area contributed by atoms with Crippen LogP contribution in [0.4, 0.5) is 0 Å². The van der Waals surface area contributed by atoms with Crippen LogP contribution in [0, 0.1) is 5.92 Å². The molecule has 3 heterocycles. The fraction of sp³-hybridized carbons (Fsp3) is 0.333. The Bertz CT molecular complexity index is 766. The van der Waals surface area contributed by atoms with Crippen LogP contribution < -0.4 is 5.56 Å². The average Bonchev–Trinajstić information content (AvgIpc) is 2.54. The molecule has 1 unspecified atom stereocenters. The van der Waals surface area contributed by atoms with Crippen molar-refractivity contribution in [2.24, 2.45) is 5.92 Å². The smallest absolute Gasteiger partial charge is 0.250 e. The molecule has 1 amide bonds. The maximum Gasteiger partial charge on any atom is 0.250 e. The summed E-state index contributed by atoms with van der Waals surface area (Å²) in [5.41, 5.74) is 2.05. The van der Waals surface area contributed by atoms with Gasteiger partial charge in [-0.3, -0.25) is 9.59 Å². The molecule has 0 radical (unpaired) electrons. The standard InChI is InChI=1S/C18H18N2O2/c21-17-8-4-7-16-15-9-14(12-20(16)17)11-19(18(15)22)10-13-5-2-1-3-6-13/h1-8,14-15H,9-12H2/t14?,15-/m0/s1. The van der Waals surface area contributed by atoms with E-state index in [1.165, 1.54) is 0 Å². The van der Waals surface area contributed by atoms with E-state index in [-0.39, 0.29) is 17.4 Å². The minimum atomic E-state index is -0.162. The Hall–Kier alpha value is -2.36. The van der Waals surface area contributed by atoms with Gasteiger partial charge in [-0.25, -0.2) is 0 Å². The number of rotatable bonds is 2. The molecular weight excluding hydrogens is 276 g/mol. The number of piperidine rings is 1. The predicted molar refractivity (Wildman–Crippen MR) is 83.4 cm³/mol. The summed E-state index contributed by atoms with van der Waals surface area (Å²) in [5, 5.41) is 0. The van der Waals surface area contributed by atoms with Crippen molar-refractivity contribution in [3.05, 3.63) is 70.1 Å². The number of carbonyl (C=O) groups excluding carboxylic acids is 1. The molecular formula is C18H18N2O2. The molecule has 0 aliphatic carbocycles. The molecule has 1 saturated heterocycles. The van der Waals surface area contributed by atoms with Gasteiger partial charge in [-0.15, -0.1) is 0 Å². The zero-order valence-corrected chi connectivity index (χ0v) is 12.3. The molecule has 2 aliphatic heterocycles. The van der Waals surface area contributed by atoms with Gasteiger partial charge < -0.3 is 9.47 Å². The van der Waals surface area contributed by atoms with Crippen LogP contribution in [0.25, 0.3) is 0 Å². The molecule has 0 N–H and O–H groups in total. The van der Waals surface area contributed by atoms with Gasteiger partial charge in [0.25, 0.3) is 5.56 Å². The molecule has 2 aliphatic rings. The lowest BCUT2D eigenvalue weighted by Crippen LogP contribution is -2.50. The van der Waals surface area contributed by atoms with Crippen molar-refractivity contribution in [2.45, 2.75) is 25.4 Å². The summed E-state index contributed by atoms with van der Waals surface area (Å²) in [6.07, 6.45) is 0.869. The molecule has 0 saturated carbocycles. The molecule has 4 nitrogen and oxygen atoms in total. The topological polar surface area (TPSA) is 42.3 Å². The van der Waals surface area contributed by atoms with E-state index in [0.717, 1.165) is 30.8 Å². The highest BCUT2D eigenvalue weighted by Gasteiger charge is 2.40. The number of pyridine rings is 1. The summed E-state index contributed by atoms with van der Waals surface area (Å²) >= 11 is 0. The van der Waals surface area contributed by atoms with E-state index >= 15 is 0 Å². The Balaban J connectivity index is 1.66. The number of fused-ring (bicyclic) bond motifs is 4. The first-order chi connectivity index (χ1) is 10.7. The van der Waals surface area contributed by atoms with E-state index in [4.69, 9.17) is 0 Å². The van der Waals surface area contributed by atoms with Crippen LogP contribution in [0.5, 0.6) is 0 Å². The van der Waals surface area contributed by atoms with E-state index < -0.39 is 0 Å². The van der Waals surface area contributed by atoms with Gasteiger partial charge in [-0.2, -0.15) is 0 Å². The summed E-state index contributed by atoms with van der Waals surface area (Å²) in [6.45, 7) is 2.12. The molecule has 2 aromatic rings. The minimum absolute atomic E-state index is 0.0107. The van der Waals surface area contributed by atoms with Crippen molar-refractivity contribution in [1.82, 2.24) is 9.47 Å². The Kier molecular flexibility index (Phi) is 3.10. The number of carbonyl (C=O) groups is 1. The number of benzene rings is 1. The van der Waals surface area contributed by atoms with Crippen LogP contribution in [0.2, 0.25) is 0 Å². The van der Waals surface area contributed by atoms with E-state index in [0.29, 0.717) is 12.5 Å². The number of nitrogens with zero attached hydrogens (tertiary/aromatic N) is 2. The van der Waals surface area contributed by atoms with Gasteiger partial charge in [0.05, 0.1) is 5.92 Å². The zero-order valence-electron chi connectivity index (χ0n) is 12.3. The van der Waals surface area contributed by atoms with Gasteiger partial charge in [0.1, 0.15) is 0 Å².